The van der Waals surface area contributed by atoms with Gasteiger partial charge in [0.25, 0.3) is 5.97 Å². The minimum absolute atomic E-state index is 0.0915. The fourth-order valence-corrected chi connectivity index (χ4v) is 2.34. The molecule has 0 aliphatic carbocycles. The third kappa shape index (κ3) is 7.67. The summed E-state index contributed by atoms with van der Waals surface area (Å²) in [5.74, 6) is -1.11. The number of phenolic OH excluding ortho intramolecular Hbond substituents is 1. The van der Waals surface area contributed by atoms with Crippen LogP contribution in [-0.2, 0) is 20.9 Å². The first-order valence-corrected chi connectivity index (χ1v) is 8.50. The van der Waals surface area contributed by atoms with Gasteiger partial charge in [0.1, 0.15) is 12.4 Å². The van der Waals surface area contributed by atoms with Gasteiger partial charge in [-0.1, -0.05) is 6.07 Å². The van der Waals surface area contributed by atoms with Crippen molar-refractivity contribution >= 4 is 22.8 Å². The third-order valence-electron chi connectivity index (χ3n) is 3.48. The SMILES string of the molecule is CC(=O)O.CC(=O)OCc1cc2c(C(O)CNC(C)(C)C)ccc(O)c2[nH]1. The van der Waals surface area contributed by atoms with Gasteiger partial charge in [-0.25, -0.2) is 0 Å². The maximum Gasteiger partial charge on any atom is 0.303 e. The molecule has 2 rings (SSSR count). The summed E-state index contributed by atoms with van der Waals surface area (Å²) in [6.07, 6.45) is -0.713. The van der Waals surface area contributed by atoms with Gasteiger partial charge in [-0.15, -0.1) is 0 Å². The molecular formula is C19H28N2O6. The van der Waals surface area contributed by atoms with E-state index in [-0.39, 0.29) is 23.9 Å². The van der Waals surface area contributed by atoms with E-state index in [0.717, 1.165) is 12.3 Å². The number of carbonyl (C=O) groups excluding carboxylic acids is 1. The maximum absolute atomic E-state index is 10.9. The lowest BCUT2D eigenvalue weighted by atomic mass is 10.0. The summed E-state index contributed by atoms with van der Waals surface area (Å²) in [4.78, 5) is 22.9. The molecule has 0 saturated carbocycles. The highest BCUT2D eigenvalue weighted by molar-refractivity contribution is 5.89. The van der Waals surface area contributed by atoms with Crippen LogP contribution in [0.3, 0.4) is 0 Å². The number of aromatic amines is 1. The van der Waals surface area contributed by atoms with E-state index in [4.69, 9.17) is 14.6 Å². The zero-order valence-electron chi connectivity index (χ0n) is 16.3. The monoisotopic (exact) mass is 380 g/mol. The predicted octanol–water partition coefficient (Wildman–Crippen LogP) is 2.45. The Morgan fingerprint density at radius 3 is 2.37 bits per heavy atom. The fraction of sp³-hybridized carbons (Fsp3) is 0.474. The Bertz CT molecular complexity index is 787. The number of aliphatic hydroxyl groups excluding tert-OH is 1. The van der Waals surface area contributed by atoms with E-state index in [1.54, 1.807) is 18.2 Å². The second-order valence-corrected chi connectivity index (χ2v) is 7.20. The summed E-state index contributed by atoms with van der Waals surface area (Å²) in [7, 11) is 0. The zero-order valence-corrected chi connectivity index (χ0v) is 16.3. The maximum atomic E-state index is 10.9. The second kappa shape index (κ2) is 9.38. The number of nitrogens with one attached hydrogen (secondary N) is 2. The largest absolute Gasteiger partial charge is 0.506 e. The summed E-state index contributed by atoms with van der Waals surface area (Å²) in [5, 5.41) is 31.8. The van der Waals surface area contributed by atoms with Gasteiger partial charge < -0.3 is 30.4 Å². The number of aliphatic carboxylic acids is 1. The van der Waals surface area contributed by atoms with Crippen LogP contribution in [0.5, 0.6) is 5.75 Å². The number of aromatic nitrogens is 1. The Morgan fingerprint density at radius 1 is 1.26 bits per heavy atom. The van der Waals surface area contributed by atoms with Crippen LogP contribution in [0.25, 0.3) is 10.9 Å². The van der Waals surface area contributed by atoms with Crippen LogP contribution in [-0.4, -0.2) is 44.3 Å². The molecule has 0 amide bonds. The number of H-pyrrole nitrogens is 1. The average molecular weight is 380 g/mol. The molecule has 1 aromatic carbocycles. The van der Waals surface area contributed by atoms with Crippen LogP contribution >= 0.6 is 0 Å². The van der Waals surface area contributed by atoms with Crippen LogP contribution in [0.15, 0.2) is 18.2 Å². The van der Waals surface area contributed by atoms with Crippen molar-refractivity contribution in [1.82, 2.24) is 10.3 Å². The normalized spacial score (nSPS) is 12.2. The fourth-order valence-electron chi connectivity index (χ4n) is 2.34. The molecule has 1 heterocycles. The smallest absolute Gasteiger partial charge is 0.303 e. The highest BCUT2D eigenvalue weighted by Gasteiger charge is 2.18. The first kappa shape index (κ1) is 22.5. The second-order valence-electron chi connectivity index (χ2n) is 7.20. The van der Waals surface area contributed by atoms with Crippen LogP contribution in [0.2, 0.25) is 0 Å². The number of esters is 1. The summed E-state index contributed by atoms with van der Waals surface area (Å²) in [6, 6.07) is 5.04. The average Bonchev–Trinajstić information content (AvgIpc) is 2.95. The number of rotatable bonds is 5. The van der Waals surface area contributed by atoms with E-state index < -0.39 is 12.1 Å². The van der Waals surface area contributed by atoms with Crippen LogP contribution in [0, 0.1) is 0 Å². The molecule has 0 fully saturated rings. The summed E-state index contributed by atoms with van der Waals surface area (Å²) in [5.41, 5.74) is 1.80. The number of aromatic hydroxyl groups is 1. The van der Waals surface area contributed by atoms with Crippen molar-refractivity contribution in [2.75, 3.05) is 6.54 Å². The standard InChI is InChI=1S/C17H24N2O4.C2H4O2/c1-10(20)23-9-11-7-13-12(5-6-14(21)16(13)19-11)15(22)8-18-17(2,3)4;1-2(3)4/h5-7,15,18-19,21-22H,8-9H2,1-4H3;1H3,(H,3,4). The van der Waals surface area contributed by atoms with Gasteiger partial charge in [-0.2, -0.15) is 0 Å². The molecule has 150 valence electrons. The highest BCUT2D eigenvalue weighted by atomic mass is 16.5. The van der Waals surface area contributed by atoms with Gasteiger partial charge in [-0.05, 0) is 38.5 Å². The molecule has 1 unspecified atom stereocenters. The molecule has 8 nitrogen and oxygen atoms in total. The molecule has 27 heavy (non-hydrogen) atoms. The summed E-state index contributed by atoms with van der Waals surface area (Å²) < 4.78 is 4.96. The molecule has 1 aromatic heterocycles. The third-order valence-corrected chi connectivity index (χ3v) is 3.48. The topological polar surface area (TPSA) is 132 Å². The van der Waals surface area contributed by atoms with E-state index in [9.17, 15) is 15.0 Å². The van der Waals surface area contributed by atoms with Gasteiger partial charge in [0.15, 0.2) is 0 Å². The number of hydrogen-bond acceptors (Lipinski definition) is 6. The summed E-state index contributed by atoms with van der Waals surface area (Å²) >= 11 is 0. The van der Waals surface area contributed by atoms with E-state index in [1.165, 1.54) is 6.92 Å². The minimum Gasteiger partial charge on any atom is -0.506 e. The Morgan fingerprint density at radius 2 is 1.85 bits per heavy atom. The van der Waals surface area contributed by atoms with Crippen molar-refractivity contribution in [1.29, 1.82) is 0 Å². The number of ether oxygens (including phenoxy) is 1. The molecule has 5 N–H and O–H groups in total. The van der Waals surface area contributed by atoms with E-state index >= 15 is 0 Å². The van der Waals surface area contributed by atoms with Crippen LogP contribution in [0.1, 0.15) is 52.0 Å². The molecular weight excluding hydrogens is 352 g/mol. The molecule has 2 aromatic rings. The van der Waals surface area contributed by atoms with Crippen LogP contribution < -0.4 is 5.32 Å². The highest BCUT2D eigenvalue weighted by Crippen LogP contribution is 2.31. The molecule has 0 spiro atoms. The Labute approximate surface area is 158 Å². The van der Waals surface area contributed by atoms with E-state index in [2.05, 4.69) is 10.3 Å². The number of carboxylic acids is 1. The van der Waals surface area contributed by atoms with Crippen molar-refractivity contribution < 1.29 is 29.6 Å². The van der Waals surface area contributed by atoms with Crippen molar-refractivity contribution in [2.24, 2.45) is 0 Å². The first-order valence-electron chi connectivity index (χ1n) is 8.50. The van der Waals surface area contributed by atoms with E-state index in [1.807, 2.05) is 20.8 Å². The summed E-state index contributed by atoms with van der Waals surface area (Å²) in [6.45, 7) is 9.00. The Kier molecular flexibility index (Phi) is 7.81. The predicted molar refractivity (Wildman–Crippen MR) is 101 cm³/mol. The van der Waals surface area contributed by atoms with E-state index in [0.29, 0.717) is 23.3 Å². The van der Waals surface area contributed by atoms with Gasteiger partial charge >= 0.3 is 5.97 Å². The van der Waals surface area contributed by atoms with Crippen molar-refractivity contribution in [3.63, 3.8) is 0 Å². The number of fused-ring (bicyclic) bond motifs is 1. The lowest BCUT2D eigenvalue weighted by molar-refractivity contribution is -0.142. The number of phenols is 1. The number of aliphatic hydroxyl groups is 1. The number of hydrogen-bond donors (Lipinski definition) is 5. The minimum atomic E-state index is -0.833. The molecule has 0 aliphatic heterocycles. The lowest BCUT2D eigenvalue weighted by Crippen LogP contribution is -2.38. The van der Waals surface area contributed by atoms with Crippen molar-refractivity contribution in [2.45, 2.75) is 52.9 Å². The van der Waals surface area contributed by atoms with Gasteiger partial charge in [0.2, 0.25) is 0 Å². The van der Waals surface area contributed by atoms with Crippen molar-refractivity contribution in [3.8, 4) is 5.75 Å². The molecule has 1 atom stereocenters. The van der Waals surface area contributed by atoms with Crippen molar-refractivity contribution in [3.05, 3.63) is 29.5 Å². The van der Waals surface area contributed by atoms with Gasteiger partial charge in [0, 0.05) is 31.3 Å². The Balaban J connectivity index is 0.000000828. The Hall–Kier alpha value is -2.58. The number of benzene rings is 1. The van der Waals surface area contributed by atoms with Crippen LogP contribution in [0.4, 0.5) is 0 Å². The first-order chi connectivity index (χ1) is 12.4. The molecule has 0 radical (unpaired) electrons. The number of carbonyl (C=O) groups is 2. The number of β-amino-alcohol motifs (C(OH)–C–C–N with tert-alkyl or cyclic N) is 1. The molecule has 0 bridgehead atoms. The van der Waals surface area contributed by atoms with Gasteiger partial charge in [0.05, 0.1) is 17.3 Å². The lowest BCUT2D eigenvalue weighted by Gasteiger charge is -2.23. The molecule has 0 saturated heterocycles. The quantitative estimate of drug-likeness (QED) is 0.503. The molecule has 8 heteroatoms. The van der Waals surface area contributed by atoms with Gasteiger partial charge in [-0.3, -0.25) is 9.59 Å². The number of carboxylic acid groups (broad SMARTS) is 1. The zero-order chi connectivity index (χ0) is 20.8. The molecule has 0 aliphatic rings.